The van der Waals surface area contributed by atoms with Gasteiger partial charge in [0.2, 0.25) is 0 Å². The van der Waals surface area contributed by atoms with Gasteiger partial charge in [0.05, 0.1) is 11.0 Å². The second-order valence-electron chi connectivity index (χ2n) is 12.9. The maximum absolute atomic E-state index is 2.43. The van der Waals surface area contributed by atoms with Crippen LogP contribution < -0.4 is 4.90 Å². The van der Waals surface area contributed by atoms with Gasteiger partial charge in [-0.05, 0) is 108 Å². The van der Waals surface area contributed by atoms with E-state index in [9.17, 15) is 0 Å². The van der Waals surface area contributed by atoms with E-state index in [1.807, 2.05) is 11.3 Å². The maximum atomic E-state index is 2.43. The molecule has 0 fully saturated rings. The molecule has 0 atom stereocenters. The Hall–Kier alpha value is -5.90. The Bertz CT molecular complexity index is 2710. The largest absolute Gasteiger partial charge is 0.310 e. The fourth-order valence-corrected chi connectivity index (χ4v) is 8.87. The fraction of sp³-hybridized carbons (Fsp3) is 0.0435. The Balaban J connectivity index is 1.09. The number of aromatic nitrogens is 1. The number of fused-ring (bicyclic) bond motifs is 7. The van der Waals surface area contributed by atoms with Crippen LogP contribution in [0.1, 0.15) is 23.1 Å². The van der Waals surface area contributed by atoms with Crippen LogP contribution in [0.15, 0.2) is 164 Å². The van der Waals surface area contributed by atoms with Gasteiger partial charge >= 0.3 is 0 Å². The van der Waals surface area contributed by atoms with Crippen LogP contribution in [0, 0.1) is 0 Å². The quantitative estimate of drug-likeness (QED) is 0.181. The van der Waals surface area contributed by atoms with Gasteiger partial charge < -0.3 is 9.47 Å². The Morgan fingerprint density at radius 2 is 1.20 bits per heavy atom. The summed E-state index contributed by atoms with van der Waals surface area (Å²) < 4.78 is 5.08. The molecule has 9 aromatic rings. The molecule has 0 N–H and O–H groups in total. The number of aryl methyl sites for hydroxylation is 1. The lowest BCUT2D eigenvalue weighted by Gasteiger charge is -2.27. The molecular weight excluding hydrogens is 613 g/mol. The smallest absolute Gasteiger partial charge is 0.0555 e. The van der Waals surface area contributed by atoms with Gasteiger partial charge in [0.15, 0.2) is 0 Å². The van der Waals surface area contributed by atoms with E-state index >= 15 is 0 Å². The van der Waals surface area contributed by atoms with Crippen LogP contribution in [0.5, 0.6) is 0 Å². The molecule has 0 saturated heterocycles. The summed E-state index contributed by atoms with van der Waals surface area (Å²) in [7, 11) is 0. The third-order valence-corrected chi connectivity index (χ3v) is 11.2. The third-order valence-electron chi connectivity index (χ3n) is 10.1. The van der Waals surface area contributed by atoms with Gasteiger partial charge in [0, 0.05) is 53.7 Å². The van der Waals surface area contributed by atoms with Crippen molar-refractivity contribution in [2.24, 2.45) is 0 Å². The predicted octanol–water partition coefficient (Wildman–Crippen LogP) is 13.1. The molecule has 2 heterocycles. The van der Waals surface area contributed by atoms with E-state index in [0.29, 0.717) is 0 Å². The average Bonchev–Trinajstić information content (AvgIpc) is 3.69. The molecular formula is C46H32N2S. The monoisotopic (exact) mass is 644 g/mol. The topological polar surface area (TPSA) is 8.17 Å². The van der Waals surface area contributed by atoms with Crippen LogP contribution in [0.3, 0.4) is 0 Å². The van der Waals surface area contributed by atoms with Gasteiger partial charge in [-0.2, -0.15) is 0 Å². The first kappa shape index (κ1) is 28.1. The second kappa shape index (κ2) is 11.4. The molecule has 7 aromatic carbocycles. The number of benzene rings is 7. The van der Waals surface area contributed by atoms with Gasteiger partial charge in [-0.1, -0.05) is 97.1 Å². The van der Waals surface area contributed by atoms with Crippen molar-refractivity contribution in [2.45, 2.75) is 12.8 Å². The summed E-state index contributed by atoms with van der Waals surface area (Å²) in [4.78, 5) is 2.37. The first-order chi connectivity index (χ1) is 24.3. The standard InChI is InChI=1S/C46H32N2S/c1-2-14-35(15-3-1)47(38-16-10-13-33(28-38)34-22-21-31-11-4-5-12-32(31)27-34)36-23-25-37(26-24-36)48-43-19-8-6-17-39(43)41-29-42-40-18-7-9-20-45(40)49-46(42)30-44(41)48/h1-20,23-30H,21-22H2. The molecule has 0 saturated carbocycles. The van der Waals surface area contributed by atoms with Crippen molar-refractivity contribution in [3.63, 3.8) is 0 Å². The van der Waals surface area contributed by atoms with Crippen molar-refractivity contribution in [3.05, 3.63) is 180 Å². The van der Waals surface area contributed by atoms with Crippen LogP contribution in [0.25, 0.3) is 59.3 Å². The third kappa shape index (κ3) is 4.69. The van der Waals surface area contributed by atoms with Crippen LogP contribution in [-0.2, 0) is 6.42 Å². The molecule has 2 nitrogen and oxygen atoms in total. The zero-order valence-corrected chi connectivity index (χ0v) is 27.7. The molecule has 2 aromatic heterocycles. The lowest BCUT2D eigenvalue weighted by molar-refractivity contribution is 1.00. The SMILES string of the molecule is C1=C(c2cccc(N(c3ccccc3)c3ccc(-n4c5ccccc5c5cc6c(cc54)sc4ccccc46)cc3)c2)CCc2ccccc21. The summed E-state index contributed by atoms with van der Waals surface area (Å²) in [5.74, 6) is 0. The Morgan fingerprint density at radius 3 is 2.10 bits per heavy atom. The molecule has 1 aliphatic rings. The highest BCUT2D eigenvalue weighted by Gasteiger charge is 2.18. The number of hydrogen-bond donors (Lipinski definition) is 0. The maximum Gasteiger partial charge on any atom is 0.0555 e. The van der Waals surface area contributed by atoms with Crippen LogP contribution in [0.2, 0.25) is 0 Å². The van der Waals surface area contributed by atoms with Crippen LogP contribution in [0.4, 0.5) is 17.1 Å². The minimum absolute atomic E-state index is 1.05. The number of hydrogen-bond acceptors (Lipinski definition) is 2. The molecule has 0 spiro atoms. The van der Waals surface area contributed by atoms with Gasteiger partial charge in [0.25, 0.3) is 0 Å². The molecule has 1 aliphatic carbocycles. The first-order valence-corrected chi connectivity index (χ1v) is 17.8. The van der Waals surface area contributed by atoms with Gasteiger partial charge in [-0.25, -0.2) is 0 Å². The predicted molar refractivity (Wildman–Crippen MR) is 211 cm³/mol. The Kier molecular flexibility index (Phi) is 6.53. The summed E-state index contributed by atoms with van der Waals surface area (Å²) >= 11 is 1.88. The van der Waals surface area contributed by atoms with Crippen LogP contribution in [-0.4, -0.2) is 4.57 Å². The lowest BCUT2D eigenvalue weighted by Crippen LogP contribution is -2.10. The number of allylic oxidation sites excluding steroid dienone is 1. The van der Waals surface area contributed by atoms with E-state index in [0.717, 1.165) is 35.6 Å². The summed E-state index contributed by atoms with van der Waals surface area (Å²) in [5, 5.41) is 5.24. The summed E-state index contributed by atoms with van der Waals surface area (Å²) in [6.45, 7) is 0. The van der Waals surface area contributed by atoms with Crippen molar-refractivity contribution in [2.75, 3.05) is 4.90 Å². The van der Waals surface area contributed by atoms with Crippen LogP contribution >= 0.6 is 11.3 Å². The number of nitrogens with zero attached hydrogens (tertiary/aromatic N) is 2. The molecule has 0 aliphatic heterocycles. The molecule has 232 valence electrons. The molecule has 0 amide bonds. The normalized spacial score (nSPS) is 12.9. The van der Waals surface area contributed by atoms with Crippen molar-refractivity contribution in [3.8, 4) is 5.69 Å². The molecule has 10 rings (SSSR count). The highest BCUT2D eigenvalue weighted by molar-refractivity contribution is 7.25. The first-order valence-electron chi connectivity index (χ1n) is 17.0. The highest BCUT2D eigenvalue weighted by atomic mass is 32.1. The number of anilines is 3. The Morgan fingerprint density at radius 1 is 0.469 bits per heavy atom. The highest BCUT2D eigenvalue weighted by Crippen LogP contribution is 2.42. The van der Waals surface area contributed by atoms with Crippen molar-refractivity contribution >= 4 is 82.0 Å². The molecule has 0 unspecified atom stereocenters. The average molecular weight is 645 g/mol. The van der Waals surface area contributed by atoms with Gasteiger partial charge in [-0.3, -0.25) is 0 Å². The summed E-state index contributed by atoms with van der Waals surface area (Å²) in [6, 6.07) is 60.0. The van der Waals surface area contributed by atoms with E-state index in [1.54, 1.807) is 0 Å². The van der Waals surface area contributed by atoms with Crippen molar-refractivity contribution in [1.29, 1.82) is 0 Å². The van der Waals surface area contributed by atoms with Crippen molar-refractivity contribution in [1.82, 2.24) is 4.57 Å². The van der Waals surface area contributed by atoms with Crippen molar-refractivity contribution < 1.29 is 0 Å². The van der Waals surface area contributed by atoms with E-state index in [2.05, 4.69) is 179 Å². The van der Waals surface area contributed by atoms with E-state index in [1.165, 1.54) is 64.2 Å². The minimum atomic E-state index is 1.05. The van der Waals surface area contributed by atoms with E-state index < -0.39 is 0 Å². The van der Waals surface area contributed by atoms with E-state index in [4.69, 9.17) is 0 Å². The number of thiophene rings is 1. The number of para-hydroxylation sites is 2. The molecule has 49 heavy (non-hydrogen) atoms. The van der Waals surface area contributed by atoms with Gasteiger partial charge in [-0.15, -0.1) is 11.3 Å². The summed E-state index contributed by atoms with van der Waals surface area (Å²) in [6.07, 6.45) is 4.50. The molecule has 0 radical (unpaired) electrons. The minimum Gasteiger partial charge on any atom is -0.310 e. The fourth-order valence-electron chi connectivity index (χ4n) is 7.75. The zero-order valence-electron chi connectivity index (χ0n) is 26.9. The summed E-state index contributed by atoms with van der Waals surface area (Å²) in [5.41, 5.74) is 12.5. The Labute approximate surface area is 289 Å². The van der Waals surface area contributed by atoms with E-state index in [-0.39, 0.29) is 0 Å². The number of rotatable bonds is 5. The molecule has 3 heteroatoms. The second-order valence-corrected chi connectivity index (χ2v) is 14.0. The lowest BCUT2D eigenvalue weighted by atomic mass is 9.88. The molecule has 0 bridgehead atoms. The van der Waals surface area contributed by atoms with Gasteiger partial charge in [0.1, 0.15) is 0 Å². The zero-order chi connectivity index (χ0) is 32.3.